The Bertz CT molecular complexity index is 566. The Balaban J connectivity index is 1.58. The summed E-state index contributed by atoms with van der Waals surface area (Å²) in [6.45, 7) is 6.37. The Morgan fingerprint density at radius 1 is 1.46 bits per heavy atom. The molecule has 1 aromatic heterocycles. The van der Waals surface area contributed by atoms with Crippen LogP contribution in [-0.4, -0.2) is 57.1 Å². The number of likely N-dealkylation sites (tertiary alicyclic amines) is 1. The Labute approximate surface area is 143 Å². The normalized spacial score (nSPS) is 24.2. The van der Waals surface area contributed by atoms with Gasteiger partial charge in [-0.25, -0.2) is 4.98 Å². The van der Waals surface area contributed by atoms with Crippen LogP contribution in [0.15, 0.2) is 10.6 Å². The van der Waals surface area contributed by atoms with E-state index in [0.717, 1.165) is 57.5 Å². The van der Waals surface area contributed by atoms with Gasteiger partial charge in [-0.2, -0.15) is 0 Å². The van der Waals surface area contributed by atoms with Crippen LogP contribution in [0, 0.1) is 6.92 Å². The van der Waals surface area contributed by atoms with Crippen molar-refractivity contribution in [2.75, 3.05) is 19.6 Å². The number of hydrogen-bond acceptors (Lipinski definition) is 5. The minimum absolute atomic E-state index is 0.0501. The summed E-state index contributed by atoms with van der Waals surface area (Å²) >= 11 is 0. The van der Waals surface area contributed by atoms with Crippen LogP contribution >= 0.6 is 0 Å². The zero-order chi connectivity index (χ0) is 17.2. The van der Waals surface area contributed by atoms with Crippen LogP contribution in [0.3, 0.4) is 0 Å². The minimum atomic E-state index is -0.534. The predicted molar refractivity (Wildman–Crippen MR) is 90.3 cm³/mol. The first-order chi connectivity index (χ1) is 11.5. The maximum absolute atomic E-state index is 12.1. The first-order valence-corrected chi connectivity index (χ1v) is 9.08. The molecule has 1 N–H and O–H groups in total. The van der Waals surface area contributed by atoms with Gasteiger partial charge in [0.1, 0.15) is 5.76 Å². The summed E-state index contributed by atoms with van der Waals surface area (Å²) in [5.74, 6) is 1.40. The first kappa shape index (κ1) is 17.4. The van der Waals surface area contributed by atoms with E-state index in [0.29, 0.717) is 12.4 Å². The molecule has 1 unspecified atom stereocenters. The van der Waals surface area contributed by atoms with Crippen LogP contribution in [0.5, 0.6) is 0 Å². The van der Waals surface area contributed by atoms with Crippen LogP contribution in [0.4, 0.5) is 0 Å². The van der Waals surface area contributed by atoms with Crippen molar-refractivity contribution in [2.24, 2.45) is 0 Å². The molecule has 0 aromatic carbocycles. The molecule has 1 atom stereocenters. The third-order valence-electron chi connectivity index (χ3n) is 5.37. The van der Waals surface area contributed by atoms with Crippen LogP contribution in [-0.2, 0) is 11.3 Å². The fourth-order valence-corrected chi connectivity index (χ4v) is 4.11. The zero-order valence-corrected chi connectivity index (χ0v) is 14.8. The smallest absolute Gasteiger partial charge is 0.220 e. The molecule has 6 heteroatoms. The van der Waals surface area contributed by atoms with Crippen molar-refractivity contribution < 1.29 is 14.3 Å². The summed E-state index contributed by atoms with van der Waals surface area (Å²) in [6.07, 6.45) is 7.91. The van der Waals surface area contributed by atoms with Gasteiger partial charge in [-0.05, 0) is 26.2 Å². The third-order valence-corrected chi connectivity index (χ3v) is 5.37. The highest BCUT2D eigenvalue weighted by Gasteiger charge is 2.36. The molecule has 1 saturated heterocycles. The highest BCUT2D eigenvalue weighted by Crippen LogP contribution is 2.30. The second-order valence-electron chi connectivity index (χ2n) is 7.47. The third kappa shape index (κ3) is 4.16. The van der Waals surface area contributed by atoms with Gasteiger partial charge in [-0.15, -0.1) is 0 Å². The van der Waals surface area contributed by atoms with Gasteiger partial charge < -0.3 is 14.4 Å². The van der Waals surface area contributed by atoms with Crippen molar-refractivity contribution in [1.82, 2.24) is 14.8 Å². The molecule has 3 rings (SSSR count). The maximum atomic E-state index is 12.1. The molecule has 2 fully saturated rings. The zero-order valence-electron chi connectivity index (χ0n) is 14.8. The summed E-state index contributed by atoms with van der Waals surface area (Å²) in [4.78, 5) is 20.5. The minimum Gasteiger partial charge on any atom is -0.444 e. The average molecular weight is 335 g/mol. The molecule has 0 radical (unpaired) electrons. The largest absolute Gasteiger partial charge is 0.444 e. The SMILES string of the molecule is CC(=O)N(Cc1ncc(C)o1)C1CCN(CC2(O)CCCCC2)C1. The molecule has 2 aliphatic rings. The molecular formula is C18H29N3O3. The van der Waals surface area contributed by atoms with E-state index in [-0.39, 0.29) is 11.9 Å². The number of oxazole rings is 1. The molecule has 1 aliphatic carbocycles. The highest BCUT2D eigenvalue weighted by molar-refractivity contribution is 5.73. The lowest BCUT2D eigenvalue weighted by molar-refractivity contribution is -0.132. The number of carbonyl (C=O) groups excluding carboxylic acids is 1. The van der Waals surface area contributed by atoms with E-state index in [1.807, 2.05) is 11.8 Å². The van der Waals surface area contributed by atoms with Crippen LogP contribution in [0.1, 0.15) is 57.1 Å². The molecule has 24 heavy (non-hydrogen) atoms. The molecular weight excluding hydrogens is 306 g/mol. The molecule has 0 spiro atoms. The van der Waals surface area contributed by atoms with E-state index >= 15 is 0 Å². The van der Waals surface area contributed by atoms with E-state index in [2.05, 4.69) is 9.88 Å². The maximum Gasteiger partial charge on any atom is 0.220 e. The number of nitrogens with zero attached hydrogens (tertiary/aromatic N) is 3. The molecule has 2 heterocycles. The molecule has 134 valence electrons. The van der Waals surface area contributed by atoms with Crippen molar-refractivity contribution in [1.29, 1.82) is 0 Å². The molecule has 1 aliphatic heterocycles. The van der Waals surface area contributed by atoms with Gasteiger partial charge in [0.2, 0.25) is 11.8 Å². The van der Waals surface area contributed by atoms with Crippen LogP contribution in [0.25, 0.3) is 0 Å². The van der Waals surface area contributed by atoms with Gasteiger partial charge in [0, 0.05) is 32.6 Å². The monoisotopic (exact) mass is 335 g/mol. The Hall–Kier alpha value is -1.40. The fraction of sp³-hybridized carbons (Fsp3) is 0.778. The lowest BCUT2D eigenvalue weighted by Gasteiger charge is -2.36. The number of hydrogen-bond donors (Lipinski definition) is 1. The Morgan fingerprint density at radius 2 is 2.21 bits per heavy atom. The number of aliphatic hydroxyl groups is 1. The van der Waals surface area contributed by atoms with Gasteiger partial charge in [0.05, 0.1) is 18.3 Å². The van der Waals surface area contributed by atoms with Gasteiger partial charge in [0.25, 0.3) is 0 Å². The topological polar surface area (TPSA) is 69.8 Å². The summed E-state index contributed by atoms with van der Waals surface area (Å²) in [7, 11) is 0. The number of aryl methyl sites for hydroxylation is 1. The second-order valence-corrected chi connectivity index (χ2v) is 7.47. The van der Waals surface area contributed by atoms with E-state index < -0.39 is 5.60 Å². The fourth-order valence-electron chi connectivity index (χ4n) is 4.11. The Morgan fingerprint density at radius 3 is 2.83 bits per heavy atom. The molecule has 1 aromatic rings. The van der Waals surface area contributed by atoms with Crippen molar-refractivity contribution in [2.45, 2.75) is 70.6 Å². The van der Waals surface area contributed by atoms with Crippen molar-refractivity contribution in [3.05, 3.63) is 17.8 Å². The van der Waals surface area contributed by atoms with Crippen LogP contribution < -0.4 is 0 Å². The van der Waals surface area contributed by atoms with Gasteiger partial charge >= 0.3 is 0 Å². The summed E-state index contributed by atoms with van der Waals surface area (Å²) in [5.41, 5.74) is -0.534. The standard InChI is InChI=1S/C18H29N3O3/c1-14-10-19-17(24-14)12-21(15(2)22)16-6-9-20(11-16)13-18(23)7-4-3-5-8-18/h10,16,23H,3-9,11-13H2,1-2H3. The summed E-state index contributed by atoms with van der Waals surface area (Å²) in [6, 6.07) is 0.168. The number of amides is 1. The second kappa shape index (κ2) is 7.23. The lowest BCUT2D eigenvalue weighted by Crippen LogP contribution is -2.45. The van der Waals surface area contributed by atoms with Crippen molar-refractivity contribution in [3.63, 3.8) is 0 Å². The molecule has 6 nitrogen and oxygen atoms in total. The average Bonchev–Trinajstić information content (AvgIpc) is 3.14. The van der Waals surface area contributed by atoms with Gasteiger partial charge in [0.15, 0.2) is 0 Å². The first-order valence-electron chi connectivity index (χ1n) is 9.08. The van der Waals surface area contributed by atoms with Crippen molar-refractivity contribution in [3.8, 4) is 0 Å². The van der Waals surface area contributed by atoms with E-state index in [1.54, 1.807) is 13.1 Å². The van der Waals surface area contributed by atoms with Gasteiger partial charge in [-0.3, -0.25) is 9.69 Å². The number of aromatic nitrogens is 1. The Kier molecular flexibility index (Phi) is 5.25. The number of rotatable bonds is 5. The quantitative estimate of drug-likeness (QED) is 0.892. The van der Waals surface area contributed by atoms with E-state index in [4.69, 9.17) is 4.42 Å². The highest BCUT2D eigenvalue weighted by atomic mass is 16.4. The summed E-state index contributed by atoms with van der Waals surface area (Å²) < 4.78 is 5.53. The molecule has 1 amide bonds. The molecule has 0 bridgehead atoms. The lowest BCUT2D eigenvalue weighted by atomic mass is 9.84. The summed E-state index contributed by atoms with van der Waals surface area (Å²) in [5, 5.41) is 10.8. The predicted octanol–water partition coefficient (Wildman–Crippen LogP) is 2.10. The van der Waals surface area contributed by atoms with Crippen molar-refractivity contribution >= 4 is 5.91 Å². The molecule has 1 saturated carbocycles. The van der Waals surface area contributed by atoms with E-state index in [1.165, 1.54) is 6.42 Å². The number of β-amino-alcohol motifs (C(OH)–C–C–N with tert-alkyl or cyclic N) is 1. The van der Waals surface area contributed by atoms with Gasteiger partial charge in [-0.1, -0.05) is 19.3 Å². The van der Waals surface area contributed by atoms with Crippen LogP contribution in [0.2, 0.25) is 0 Å². The van der Waals surface area contributed by atoms with E-state index in [9.17, 15) is 9.90 Å². The number of carbonyl (C=O) groups is 1.